The van der Waals surface area contributed by atoms with Crippen molar-refractivity contribution < 1.29 is 9.53 Å². The van der Waals surface area contributed by atoms with Gasteiger partial charge in [0.1, 0.15) is 11.3 Å². The minimum Gasteiger partial charge on any atom is -0.367 e. The Bertz CT molecular complexity index is 372. The second kappa shape index (κ2) is 5.05. The van der Waals surface area contributed by atoms with Crippen LogP contribution in [-0.2, 0) is 11.8 Å². The van der Waals surface area contributed by atoms with Gasteiger partial charge in [0, 0.05) is 13.7 Å². The van der Waals surface area contributed by atoms with Gasteiger partial charge in [-0.15, -0.1) is 5.10 Å². The summed E-state index contributed by atoms with van der Waals surface area (Å²) in [4.78, 5) is 12.3. The van der Waals surface area contributed by atoms with Gasteiger partial charge in [0.2, 0.25) is 5.78 Å². The maximum Gasteiger partial charge on any atom is 0.215 e. The Morgan fingerprint density at radius 3 is 2.56 bits per heavy atom. The number of halogens is 1. The fourth-order valence-electron chi connectivity index (χ4n) is 1.47. The Labute approximate surface area is 103 Å². The summed E-state index contributed by atoms with van der Waals surface area (Å²) < 4.78 is 7.45. The zero-order chi connectivity index (χ0) is 12.3. The Morgan fingerprint density at radius 1 is 1.56 bits per heavy atom. The molecule has 0 aliphatic rings. The third-order valence-corrected chi connectivity index (χ3v) is 3.15. The Kier molecular flexibility index (Phi) is 4.21. The Balaban J connectivity index is 3.09. The third-order valence-electron chi connectivity index (χ3n) is 2.62. The Hall–Kier alpha value is -0.750. The molecule has 1 unspecified atom stereocenters. The molecular weight excluding hydrogens is 274 g/mol. The van der Waals surface area contributed by atoms with Gasteiger partial charge in [-0.3, -0.25) is 4.79 Å². The molecule has 1 atom stereocenters. The summed E-state index contributed by atoms with van der Waals surface area (Å²) in [6.07, 6.45) is 0.608. The molecule has 0 radical (unpaired) electrons. The highest BCUT2D eigenvalue weighted by atomic mass is 79.9. The van der Waals surface area contributed by atoms with Gasteiger partial charge in [-0.05, 0) is 36.2 Å². The average Bonchev–Trinajstić information content (AvgIpc) is 2.58. The van der Waals surface area contributed by atoms with E-state index in [4.69, 9.17) is 4.74 Å². The van der Waals surface area contributed by atoms with E-state index in [9.17, 15) is 4.79 Å². The number of nitrogens with zero attached hydrogens (tertiary/aromatic N) is 3. The van der Waals surface area contributed by atoms with Crippen LogP contribution in [0.3, 0.4) is 0 Å². The second-order valence-corrected chi connectivity index (χ2v) is 4.45. The van der Waals surface area contributed by atoms with Crippen LogP contribution in [0, 0.1) is 0 Å². The van der Waals surface area contributed by atoms with Gasteiger partial charge in [0.15, 0.2) is 4.60 Å². The number of carbonyl (C=O) groups excluding carboxylic acids is 1. The number of ether oxygens (including phenoxy) is 1. The van der Waals surface area contributed by atoms with Crippen molar-refractivity contribution in [2.24, 2.45) is 7.05 Å². The SMILES string of the molecule is CCOC(C)(CC)C(=O)c1c(Br)nnn1C. The molecule has 0 aromatic carbocycles. The van der Waals surface area contributed by atoms with Gasteiger partial charge < -0.3 is 4.74 Å². The molecule has 1 rings (SSSR count). The summed E-state index contributed by atoms with van der Waals surface area (Å²) in [7, 11) is 1.69. The number of hydrogen-bond donors (Lipinski definition) is 0. The van der Waals surface area contributed by atoms with Crippen LogP contribution in [-0.4, -0.2) is 33.0 Å². The van der Waals surface area contributed by atoms with E-state index in [1.54, 1.807) is 14.0 Å². The van der Waals surface area contributed by atoms with E-state index in [0.29, 0.717) is 23.3 Å². The molecule has 6 heteroatoms. The summed E-state index contributed by atoms with van der Waals surface area (Å²) in [5.74, 6) is -0.101. The van der Waals surface area contributed by atoms with Crippen LogP contribution in [0.2, 0.25) is 0 Å². The van der Waals surface area contributed by atoms with Gasteiger partial charge in [0.05, 0.1) is 0 Å². The van der Waals surface area contributed by atoms with Crippen LogP contribution >= 0.6 is 15.9 Å². The van der Waals surface area contributed by atoms with Crippen LogP contribution in [0.5, 0.6) is 0 Å². The molecule has 0 saturated carbocycles. The van der Waals surface area contributed by atoms with Crippen LogP contribution in [0.15, 0.2) is 4.60 Å². The van der Waals surface area contributed by atoms with E-state index >= 15 is 0 Å². The van der Waals surface area contributed by atoms with Crippen LogP contribution in [0.1, 0.15) is 37.7 Å². The quantitative estimate of drug-likeness (QED) is 0.778. The highest BCUT2D eigenvalue weighted by Gasteiger charge is 2.36. The maximum absolute atomic E-state index is 12.3. The van der Waals surface area contributed by atoms with Gasteiger partial charge in [-0.25, -0.2) is 4.68 Å². The first kappa shape index (κ1) is 13.3. The number of carbonyl (C=O) groups is 1. The van der Waals surface area contributed by atoms with Crippen LogP contribution in [0.25, 0.3) is 0 Å². The predicted molar refractivity (Wildman–Crippen MR) is 63.4 cm³/mol. The number of rotatable bonds is 5. The zero-order valence-electron chi connectivity index (χ0n) is 9.95. The summed E-state index contributed by atoms with van der Waals surface area (Å²) in [6, 6.07) is 0. The van der Waals surface area contributed by atoms with E-state index in [2.05, 4.69) is 26.2 Å². The molecule has 0 spiro atoms. The molecule has 90 valence electrons. The lowest BCUT2D eigenvalue weighted by molar-refractivity contribution is -0.0123. The van der Waals surface area contributed by atoms with E-state index < -0.39 is 5.60 Å². The molecule has 1 heterocycles. The average molecular weight is 290 g/mol. The van der Waals surface area contributed by atoms with E-state index in [1.165, 1.54) is 4.68 Å². The lowest BCUT2D eigenvalue weighted by atomic mass is 9.95. The maximum atomic E-state index is 12.3. The fourth-order valence-corrected chi connectivity index (χ4v) is 1.98. The van der Waals surface area contributed by atoms with Gasteiger partial charge in [-0.1, -0.05) is 12.1 Å². The van der Waals surface area contributed by atoms with Crippen LogP contribution in [0.4, 0.5) is 0 Å². The van der Waals surface area contributed by atoms with E-state index in [1.807, 2.05) is 13.8 Å². The van der Waals surface area contributed by atoms with Crippen molar-refractivity contribution >= 4 is 21.7 Å². The molecular formula is C10H16BrN3O2. The summed E-state index contributed by atoms with van der Waals surface area (Å²) in [6.45, 7) is 6.08. The molecule has 0 aliphatic carbocycles. The normalized spacial score (nSPS) is 14.8. The first-order chi connectivity index (χ1) is 7.46. The number of Topliss-reactive ketones (excluding diaryl/α,β-unsaturated/α-hetero) is 1. The minimum absolute atomic E-state index is 0.101. The first-order valence-corrected chi connectivity index (χ1v) is 5.99. The minimum atomic E-state index is -0.813. The van der Waals surface area contributed by atoms with Crippen molar-refractivity contribution in [1.82, 2.24) is 15.0 Å². The number of hydrogen-bond acceptors (Lipinski definition) is 4. The predicted octanol–water partition coefficient (Wildman–Crippen LogP) is 1.97. The standard InChI is InChI=1S/C10H16BrN3O2/c1-5-10(3,16-6-2)8(15)7-9(11)12-13-14(7)4/h5-6H2,1-4H3. The molecule has 0 fully saturated rings. The van der Waals surface area contributed by atoms with Gasteiger partial charge in [-0.2, -0.15) is 0 Å². The van der Waals surface area contributed by atoms with E-state index in [0.717, 1.165) is 0 Å². The molecule has 16 heavy (non-hydrogen) atoms. The number of aryl methyl sites for hydroxylation is 1. The number of ketones is 1. The van der Waals surface area contributed by atoms with E-state index in [-0.39, 0.29) is 5.78 Å². The highest BCUT2D eigenvalue weighted by Crippen LogP contribution is 2.24. The van der Waals surface area contributed by atoms with Crippen molar-refractivity contribution in [3.05, 3.63) is 10.3 Å². The molecule has 0 amide bonds. The fraction of sp³-hybridized carbons (Fsp3) is 0.700. The third kappa shape index (κ3) is 2.32. The molecule has 0 bridgehead atoms. The Morgan fingerprint density at radius 2 is 2.19 bits per heavy atom. The molecule has 5 nitrogen and oxygen atoms in total. The monoisotopic (exact) mass is 289 g/mol. The molecule has 1 aromatic rings. The van der Waals surface area contributed by atoms with Crippen molar-refractivity contribution in [3.63, 3.8) is 0 Å². The summed E-state index contributed by atoms with van der Waals surface area (Å²) in [5, 5.41) is 7.59. The topological polar surface area (TPSA) is 57.0 Å². The lowest BCUT2D eigenvalue weighted by Crippen LogP contribution is -2.39. The smallest absolute Gasteiger partial charge is 0.215 e. The summed E-state index contributed by atoms with van der Waals surface area (Å²) in [5.41, 5.74) is -0.370. The van der Waals surface area contributed by atoms with Crippen molar-refractivity contribution in [2.45, 2.75) is 32.8 Å². The zero-order valence-corrected chi connectivity index (χ0v) is 11.5. The van der Waals surface area contributed by atoms with Crippen molar-refractivity contribution in [3.8, 4) is 0 Å². The highest BCUT2D eigenvalue weighted by molar-refractivity contribution is 9.10. The first-order valence-electron chi connectivity index (χ1n) is 5.20. The molecule has 0 aliphatic heterocycles. The van der Waals surface area contributed by atoms with Gasteiger partial charge in [0.25, 0.3) is 0 Å². The van der Waals surface area contributed by atoms with Crippen molar-refractivity contribution in [2.75, 3.05) is 6.61 Å². The molecule has 1 aromatic heterocycles. The number of aromatic nitrogens is 3. The van der Waals surface area contributed by atoms with Crippen molar-refractivity contribution in [1.29, 1.82) is 0 Å². The largest absolute Gasteiger partial charge is 0.367 e. The lowest BCUT2D eigenvalue weighted by Gasteiger charge is -2.26. The van der Waals surface area contributed by atoms with Gasteiger partial charge >= 0.3 is 0 Å². The summed E-state index contributed by atoms with van der Waals surface area (Å²) >= 11 is 3.22. The van der Waals surface area contributed by atoms with Crippen LogP contribution < -0.4 is 0 Å². The molecule has 0 saturated heterocycles. The second-order valence-electron chi connectivity index (χ2n) is 3.70. The molecule has 0 N–H and O–H groups in total.